The molecule has 3 aromatic rings. The highest BCUT2D eigenvalue weighted by Gasteiger charge is 2.35. The molecule has 0 saturated carbocycles. The second kappa shape index (κ2) is 8.40. The Bertz CT molecular complexity index is 1070. The smallest absolute Gasteiger partial charge is 0.246 e. The quantitative estimate of drug-likeness (QED) is 0.592. The average molecular weight is 416 g/mol. The molecule has 0 aliphatic carbocycles. The van der Waals surface area contributed by atoms with Crippen molar-refractivity contribution in [3.63, 3.8) is 0 Å². The lowest BCUT2D eigenvalue weighted by Crippen LogP contribution is -2.30. The van der Waals surface area contributed by atoms with E-state index < -0.39 is 15.8 Å². The first kappa shape index (κ1) is 19.7. The Labute approximate surface area is 168 Å². The molecule has 7 nitrogen and oxygen atoms in total. The molecule has 1 saturated heterocycles. The van der Waals surface area contributed by atoms with Crippen molar-refractivity contribution in [2.75, 3.05) is 13.1 Å². The third-order valence-corrected chi connectivity index (χ3v) is 6.77. The van der Waals surface area contributed by atoms with Gasteiger partial charge in [0.15, 0.2) is 0 Å². The number of sulfonamides is 1. The minimum Gasteiger partial charge on any atom is -0.370 e. The topological polar surface area (TPSA) is 77.3 Å². The third-order valence-electron chi connectivity index (χ3n) is 4.87. The van der Waals surface area contributed by atoms with Crippen molar-refractivity contribution in [2.45, 2.75) is 30.6 Å². The summed E-state index contributed by atoms with van der Waals surface area (Å²) in [6.45, 7) is 1.33. The molecule has 1 unspecified atom stereocenters. The Hall–Kier alpha value is -2.62. The predicted octanol–water partition coefficient (Wildman–Crippen LogP) is 2.77. The van der Waals surface area contributed by atoms with Gasteiger partial charge in [-0.15, -0.1) is 5.10 Å². The van der Waals surface area contributed by atoms with Gasteiger partial charge in [0.05, 0.1) is 25.5 Å². The largest absolute Gasteiger partial charge is 0.370 e. The molecule has 1 fully saturated rings. The summed E-state index contributed by atoms with van der Waals surface area (Å²) in [5, 5.41) is 8.23. The van der Waals surface area contributed by atoms with E-state index in [2.05, 4.69) is 10.3 Å². The van der Waals surface area contributed by atoms with Gasteiger partial charge in [-0.05, 0) is 24.1 Å². The monoisotopic (exact) mass is 416 g/mol. The third kappa shape index (κ3) is 4.36. The average Bonchev–Trinajstić information content (AvgIpc) is 3.39. The van der Waals surface area contributed by atoms with E-state index in [9.17, 15) is 12.8 Å². The molecule has 0 amide bonds. The maximum atomic E-state index is 14.0. The highest BCUT2D eigenvalue weighted by Crippen LogP contribution is 2.28. The van der Waals surface area contributed by atoms with Crippen molar-refractivity contribution in [1.82, 2.24) is 19.3 Å². The van der Waals surface area contributed by atoms with Gasteiger partial charge in [0, 0.05) is 13.1 Å². The Balaban J connectivity index is 1.37. The van der Waals surface area contributed by atoms with Crippen LogP contribution < -0.4 is 0 Å². The van der Waals surface area contributed by atoms with E-state index in [-0.39, 0.29) is 17.5 Å². The number of aromatic nitrogens is 3. The molecule has 1 aromatic heterocycles. The highest BCUT2D eigenvalue weighted by molar-refractivity contribution is 7.89. The fourth-order valence-corrected chi connectivity index (χ4v) is 4.90. The molecular formula is C20H21FN4O3S. The molecule has 4 rings (SSSR count). The van der Waals surface area contributed by atoms with Gasteiger partial charge in [-0.2, -0.15) is 4.31 Å². The molecule has 2 aromatic carbocycles. The summed E-state index contributed by atoms with van der Waals surface area (Å²) in [6.07, 6.45) is 2.36. The molecule has 152 valence electrons. The number of ether oxygens (including phenoxy) is 1. The normalized spacial score (nSPS) is 17.6. The number of benzene rings is 2. The molecular weight excluding hydrogens is 395 g/mol. The van der Waals surface area contributed by atoms with Crippen molar-refractivity contribution in [1.29, 1.82) is 0 Å². The molecule has 0 N–H and O–H groups in total. The van der Waals surface area contributed by atoms with Gasteiger partial charge < -0.3 is 4.74 Å². The number of halogens is 1. The first-order valence-corrected chi connectivity index (χ1v) is 10.7. The van der Waals surface area contributed by atoms with Crippen LogP contribution in [-0.4, -0.2) is 40.8 Å². The van der Waals surface area contributed by atoms with E-state index in [4.69, 9.17) is 4.74 Å². The van der Waals surface area contributed by atoms with Gasteiger partial charge in [0.1, 0.15) is 16.4 Å². The summed E-state index contributed by atoms with van der Waals surface area (Å²) >= 11 is 0. The van der Waals surface area contributed by atoms with Crippen LogP contribution in [0.1, 0.15) is 23.7 Å². The maximum Gasteiger partial charge on any atom is 0.246 e. The highest BCUT2D eigenvalue weighted by atomic mass is 32.2. The molecule has 0 radical (unpaired) electrons. The minimum atomic E-state index is -3.88. The second-order valence-corrected chi connectivity index (χ2v) is 8.81. The lowest BCUT2D eigenvalue weighted by molar-refractivity contribution is 0.104. The van der Waals surface area contributed by atoms with E-state index in [1.54, 1.807) is 10.9 Å². The molecule has 1 aliphatic heterocycles. The number of hydrogen-bond acceptors (Lipinski definition) is 5. The van der Waals surface area contributed by atoms with E-state index >= 15 is 0 Å². The number of rotatable bonds is 7. The van der Waals surface area contributed by atoms with Crippen molar-refractivity contribution in [3.8, 4) is 0 Å². The Morgan fingerprint density at radius 1 is 1.07 bits per heavy atom. The van der Waals surface area contributed by atoms with Crippen LogP contribution in [0.3, 0.4) is 0 Å². The van der Waals surface area contributed by atoms with Crippen molar-refractivity contribution >= 4 is 10.0 Å². The van der Waals surface area contributed by atoms with Gasteiger partial charge >= 0.3 is 0 Å². The summed E-state index contributed by atoms with van der Waals surface area (Å²) < 4.78 is 48.0. The van der Waals surface area contributed by atoms with Crippen molar-refractivity contribution in [2.24, 2.45) is 0 Å². The summed E-state index contributed by atoms with van der Waals surface area (Å²) in [6, 6.07) is 15.1. The van der Waals surface area contributed by atoms with Crippen LogP contribution in [0.2, 0.25) is 0 Å². The molecule has 1 aliphatic rings. The Kier molecular flexibility index (Phi) is 5.70. The van der Waals surface area contributed by atoms with E-state index in [0.717, 1.165) is 11.6 Å². The van der Waals surface area contributed by atoms with Gasteiger partial charge in [-0.25, -0.2) is 17.5 Å². The van der Waals surface area contributed by atoms with Gasteiger partial charge in [-0.1, -0.05) is 47.7 Å². The fraction of sp³-hybridized carbons (Fsp3) is 0.300. The lowest BCUT2D eigenvalue weighted by Gasteiger charge is -2.17. The second-order valence-electron chi connectivity index (χ2n) is 6.90. The summed E-state index contributed by atoms with van der Waals surface area (Å²) in [5.41, 5.74) is 1.75. The molecule has 9 heteroatoms. The van der Waals surface area contributed by atoms with Gasteiger partial charge in [-0.3, -0.25) is 0 Å². The van der Waals surface area contributed by atoms with Crippen molar-refractivity contribution in [3.05, 3.63) is 77.9 Å². The van der Waals surface area contributed by atoms with E-state index in [0.29, 0.717) is 31.9 Å². The van der Waals surface area contributed by atoms with Gasteiger partial charge in [0.25, 0.3) is 0 Å². The lowest BCUT2D eigenvalue weighted by atomic mass is 10.2. The van der Waals surface area contributed by atoms with Crippen LogP contribution in [0.4, 0.5) is 4.39 Å². The summed E-state index contributed by atoms with van der Waals surface area (Å²) in [4.78, 5) is -0.297. The molecule has 29 heavy (non-hydrogen) atoms. The molecule has 2 heterocycles. The fourth-order valence-electron chi connectivity index (χ4n) is 3.34. The first-order valence-electron chi connectivity index (χ1n) is 9.31. The van der Waals surface area contributed by atoms with Crippen LogP contribution in [0.15, 0.2) is 65.7 Å². The zero-order valence-corrected chi connectivity index (χ0v) is 16.5. The SMILES string of the molecule is O=S(=O)(c1ccccc1F)N1CCC(n2cc(COCc3ccccc3)nn2)C1. The number of hydrogen-bond donors (Lipinski definition) is 0. The molecule has 1 atom stereocenters. The van der Waals surface area contributed by atoms with Crippen LogP contribution in [0, 0.1) is 5.82 Å². The van der Waals surface area contributed by atoms with Crippen LogP contribution in [0.25, 0.3) is 0 Å². The van der Waals surface area contributed by atoms with E-state index in [1.807, 2.05) is 30.3 Å². The minimum absolute atomic E-state index is 0.146. The van der Waals surface area contributed by atoms with Crippen LogP contribution >= 0.6 is 0 Å². The van der Waals surface area contributed by atoms with Crippen LogP contribution in [0.5, 0.6) is 0 Å². The Morgan fingerprint density at radius 3 is 2.62 bits per heavy atom. The predicted molar refractivity (Wildman–Crippen MR) is 104 cm³/mol. The summed E-state index contributed by atoms with van der Waals surface area (Å²) in [5.74, 6) is -0.741. The molecule has 0 bridgehead atoms. The summed E-state index contributed by atoms with van der Waals surface area (Å²) in [7, 11) is -3.88. The van der Waals surface area contributed by atoms with Crippen LogP contribution in [-0.2, 0) is 28.0 Å². The van der Waals surface area contributed by atoms with Crippen molar-refractivity contribution < 1.29 is 17.5 Å². The zero-order valence-electron chi connectivity index (χ0n) is 15.7. The number of nitrogens with zero attached hydrogens (tertiary/aromatic N) is 4. The zero-order chi connectivity index (χ0) is 20.3. The molecule has 0 spiro atoms. The standard InChI is InChI=1S/C20H21FN4O3S/c21-19-8-4-5-9-20(19)29(26,27)24-11-10-18(13-24)25-12-17(22-23-25)15-28-14-16-6-2-1-3-7-16/h1-9,12,18H,10-11,13-15H2. The first-order chi connectivity index (χ1) is 14.0. The van der Waals surface area contributed by atoms with E-state index in [1.165, 1.54) is 22.5 Å². The van der Waals surface area contributed by atoms with Gasteiger partial charge in [0.2, 0.25) is 10.0 Å². The Morgan fingerprint density at radius 2 is 1.83 bits per heavy atom. The maximum absolute atomic E-state index is 14.0.